The zero-order valence-corrected chi connectivity index (χ0v) is 6.78. The van der Waals surface area contributed by atoms with Crippen molar-refractivity contribution in [3.63, 3.8) is 0 Å². The smallest absolute Gasteiger partial charge is 0.142 e. The molecule has 2 rings (SSSR count). The molecule has 0 aliphatic rings. The van der Waals surface area contributed by atoms with Crippen molar-refractivity contribution in [2.24, 2.45) is 0 Å². The van der Waals surface area contributed by atoms with Gasteiger partial charge in [-0.15, -0.1) is 0 Å². The molecule has 0 atom stereocenters. The van der Waals surface area contributed by atoms with Crippen molar-refractivity contribution in [3.8, 4) is 6.07 Å². The van der Waals surface area contributed by atoms with Crippen molar-refractivity contribution in [3.05, 3.63) is 35.1 Å². The van der Waals surface area contributed by atoms with Crippen LogP contribution in [-0.2, 0) is 0 Å². The number of hydrogen-bond donors (Lipinski definition) is 0. The molecule has 0 saturated carbocycles. The number of aromatic nitrogens is 2. The molecule has 0 saturated heterocycles. The highest BCUT2D eigenvalue weighted by Gasteiger charge is 2.02. The van der Waals surface area contributed by atoms with E-state index in [1.807, 2.05) is 6.07 Å². The van der Waals surface area contributed by atoms with Gasteiger partial charge >= 0.3 is 0 Å². The SMILES string of the molecule is N#Cc1ccc(Cl)c2ccnn12. The minimum atomic E-state index is 0.486. The molecule has 12 heavy (non-hydrogen) atoms. The first-order valence-corrected chi connectivity index (χ1v) is 3.73. The van der Waals surface area contributed by atoms with Crippen LogP contribution in [0.1, 0.15) is 5.69 Å². The van der Waals surface area contributed by atoms with E-state index in [4.69, 9.17) is 16.9 Å². The van der Waals surface area contributed by atoms with Crippen LogP contribution in [0.25, 0.3) is 5.52 Å². The third-order valence-corrected chi connectivity index (χ3v) is 1.94. The Bertz CT molecular complexity index is 467. The van der Waals surface area contributed by atoms with E-state index in [9.17, 15) is 0 Å². The van der Waals surface area contributed by atoms with Gasteiger partial charge in [0, 0.05) is 0 Å². The van der Waals surface area contributed by atoms with Gasteiger partial charge in [0.15, 0.2) is 0 Å². The number of nitrogens with zero attached hydrogens (tertiary/aromatic N) is 3. The molecule has 0 aromatic carbocycles. The van der Waals surface area contributed by atoms with Crippen LogP contribution < -0.4 is 0 Å². The summed E-state index contributed by atoms with van der Waals surface area (Å²) in [5, 5.41) is 13.3. The lowest BCUT2D eigenvalue weighted by atomic mass is 10.3. The lowest BCUT2D eigenvalue weighted by Gasteiger charge is -1.96. The number of pyridine rings is 1. The van der Waals surface area contributed by atoms with Crippen LogP contribution in [0.3, 0.4) is 0 Å². The van der Waals surface area contributed by atoms with Crippen molar-refractivity contribution in [2.75, 3.05) is 0 Å². The van der Waals surface area contributed by atoms with Gasteiger partial charge in [-0.05, 0) is 18.2 Å². The van der Waals surface area contributed by atoms with Crippen LogP contribution in [0, 0.1) is 11.3 Å². The highest BCUT2D eigenvalue weighted by molar-refractivity contribution is 6.33. The molecule has 4 heteroatoms. The van der Waals surface area contributed by atoms with Crippen LogP contribution in [0.5, 0.6) is 0 Å². The Hall–Kier alpha value is -1.53. The quantitative estimate of drug-likeness (QED) is 0.616. The van der Waals surface area contributed by atoms with E-state index in [2.05, 4.69) is 5.10 Å². The van der Waals surface area contributed by atoms with Crippen LogP contribution in [-0.4, -0.2) is 9.61 Å². The van der Waals surface area contributed by atoms with Gasteiger partial charge in [-0.3, -0.25) is 0 Å². The molecule has 3 nitrogen and oxygen atoms in total. The Morgan fingerprint density at radius 3 is 3.00 bits per heavy atom. The zero-order valence-electron chi connectivity index (χ0n) is 6.03. The lowest BCUT2D eigenvalue weighted by molar-refractivity contribution is 0.941. The van der Waals surface area contributed by atoms with Crippen molar-refractivity contribution >= 4 is 17.1 Å². The molecule has 0 aliphatic heterocycles. The molecule has 0 spiro atoms. The fraction of sp³-hybridized carbons (Fsp3) is 0. The largest absolute Gasteiger partial charge is 0.222 e. The number of fused-ring (bicyclic) bond motifs is 1. The van der Waals surface area contributed by atoms with E-state index in [0.717, 1.165) is 5.52 Å². The molecule has 2 aromatic rings. The average Bonchev–Trinajstić information content (AvgIpc) is 2.54. The van der Waals surface area contributed by atoms with E-state index in [1.165, 1.54) is 4.52 Å². The molecule has 0 aliphatic carbocycles. The maximum atomic E-state index is 8.69. The van der Waals surface area contributed by atoms with Gasteiger partial charge in [-0.1, -0.05) is 11.6 Å². The molecule has 0 unspecified atom stereocenters. The van der Waals surface area contributed by atoms with Crippen LogP contribution in [0.4, 0.5) is 0 Å². The molecular weight excluding hydrogens is 174 g/mol. The summed E-state index contributed by atoms with van der Waals surface area (Å²) in [6.07, 6.45) is 1.61. The number of halogens is 1. The Labute approximate surface area is 73.8 Å². The maximum Gasteiger partial charge on any atom is 0.142 e. The van der Waals surface area contributed by atoms with Crippen molar-refractivity contribution in [1.29, 1.82) is 5.26 Å². The van der Waals surface area contributed by atoms with Gasteiger partial charge in [-0.25, -0.2) is 4.52 Å². The summed E-state index contributed by atoms with van der Waals surface area (Å²) in [5.41, 5.74) is 1.25. The predicted molar refractivity (Wildman–Crippen MR) is 44.9 cm³/mol. The van der Waals surface area contributed by atoms with Crippen molar-refractivity contribution in [2.45, 2.75) is 0 Å². The Kier molecular flexibility index (Phi) is 1.49. The molecule has 0 fully saturated rings. The Morgan fingerprint density at radius 2 is 2.25 bits per heavy atom. The van der Waals surface area contributed by atoms with Gasteiger partial charge in [0.05, 0.1) is 16.7 Å². The van der Waals surface area contributed by atoms with E-state index >= 15 is 0 Å². The fourth-order valence-electron chi connectivity index (χ4n) is 1.07. The second-order valence-electron chi connectivity index (χ2n) is 2.31. The summed E-state index contributed by atoms with van der Waals surface area (Å²) in [7, 11) is 0. The van der Waals surface area contributed by atoms with E-state index < -0.39 is 0 Å². The standard InChI is InChI=1S/C8H4ClN3/c9-7-2-1-6(5-10)12-8(7)3-4-11-12/h1-4H. The molecular formula is C8H4ClN3. The molecule has 0 N–H and O–H groups in total. The second kappa shape index (κ2) is 2.50. The highest BCUT2D eigenvalue weighted by Crippen LogP contribution is 2.17. The third-order valence-electron chi connectivity index (χ3n) is 1.62. The summed E-state index contributed by atoms with van der Waals surface area (Å²) in [6.45, 7) is 0. The predicted octanol–water partition coefficient (Wildman–Crippen LogP) is 1.86. The highest BCUT2D eigenvalue weighted by atomic mass is 35.5. The topological polar surface area (TPSA) is 41.1 Å². The first kappa shape index (κ1) is 7.14. The third kappa shape index (κ3) is 0.858. The van der Waals surface area contributed by atoms with Crippen molar-refractivity contribution < 1.29 is 0 Å². The van der Waals surface area contributed by atoms with Gasteiger partial charge in [0.25, 0.3) is 0 Å². The van der Waals surface area contributed by atoms with Gasteiger partial charge in [0.1, 0.15) is 11.8 Å². The molecule has 0 radical (unpaired) electrons. The maximum absolute atomic E-state index is 8.69. The first-order valence-electron chi connectivity index (χ1n) is 3.35. The molecule has 2 heterocycles. The normalized spacial score (nSPS) is 10.0. The summed E-state index contributed by atoms with van der Waals surface area (Å²) in [6, 6.07) is 7.12. The summed E-state index contributed by atoms with van der Waals surface area (Å²) < 4.78 is 1.52. The second-order valence-corrected chi connectivity index (χ2v) is 2.71. The van der Waals surface area contributed by atoms with Crippen molar-refractivity contribution in [1.82, 2.24) is 9.61 Å². The van der Waals surface area contributed by atoms with Crippen LogP contribution in [0.2, 0.25) is 5.02 Å². The first-order chi connectivity index (χ1) is 5.83. The number of rotatable bonds is 0. The fourth-order valence-corrected chi connectivity index (χ4v) is 1.27. The monoisotopic (exact) mass is 177 g/mol. The van der Waals surface area contributed by atoms with E-state index in [-0.39, 0.29) is 0 Å². The van der Waals surface area contributed by atoms with Gasteiger partial charge in [-0.2, -0.15) is 10.4 Å². The van der Waals surface area contributed by atoms with Gasteiger partial charge < -0.3 is 0 Å². The molecule has 0 bridgehead atoms. The van der Waals surface area contributed by atoms with Crippen LogP contribution >= 0.6 is 11.6 Å². The van der Waals surface area contributed by atoms with E-state index in [0.29, 0.717) is 10.7 Å². The Morgan fingerprint density at radius 1 is 1.42 bits per heavy atom. The minimum Gasteiger partial charge on any atom is -0.222 e. The summed E-state index contributed by atoms with van der Waals surface area (Å²) in [5.74, 6) is 0. The minimum absolute atomic E-state index is 0.486. The van der Waals surface area contributed by atoms with Crippen LogP contribution in [0.15, 0.2) is 24.4 Å². The lowest BCUT2D eigenvalue weighted by Crippen LogP contribution is -1.93. The molecule has 2 aromatic heterocycles. The summed E-state index contributed by atoms with van der Waals surface area (Å²) in [4.78, 5) is 0. The van der Waals surface area contributed by atoms with Gasteiger partial charge in [0.2, 0.25) is 0 Å². The number of hydrogen-bond acceptors (Lipinski definition) is 2. The zero-order chi connectivity index (χ0) is 8.55. The average molecular weight is 178 g/mol. The van der Waals surface area contributed by atoms with E-state index in [1.54, 1.807) is 24.4 Å². The Balaban J connectivity index is 2.94. The molecule has 58 valence electrons. The number of nitriles is 1. The summed E-state index contributed by atoms with van der Waals surface area (Å²) >= 11 is 5.86. The molecule has 0 amide bonds.